The highest BCUT2D eigenvalue weighted by Gasteiger charge is 2.42. The first kappa shape index (κ1) is 21.7. The first-order valence-electron chi connectivity index (χ1n) is 10.7. The Morgan fingerprint density at radius 2 is 1.72 bits per heavy atom. The predicted molar refractivity (Wildman–Crippen MR) is 118 cm³/mol. The summed E-state index contributed by atoms with van der Waals surface area (Å²) in [5.74, 6) is -0.750. The lowest BCUT2D eigenvalue weighted by atomic mass is 9.98. The normalized spacial score (nSPS) is 16.2. The van der Waals surface area contributed by atoms with E-state index < -0.39 is 10.8 Å². The number of benzene rings is 2. The Labute approximate surface area is 186 Å². The van der Waals surface area contributed by atoms with Gasteiger partial charge in [-0.05, 0) is 49.1 Å². The van der Waals surface area contributed by atoms with E-state index in [-0.39, 0.29) is 36.4 Å². The van der Waals surface area contributed by atoms with Gasteiger partial charge in [0.1, 0.15) is 5.70 Å². The van der Waals surface area contributed by atoms with E-state index in [1.165, 1.54) is 34.7 Å². The highest BCUT2D eigenvalue weighted by atomic mass is 16.6. The molecule has 8 nitrogen and oxygen atoms in total. The number of fused-ring (bicyclic) bond motifs is 1. The molecule has 0 bridgehead atoms. The predicted octanol–water partition coefficient (Wildman–Crippen LogP) is 3.16. The summed E-state index contributed by atoms with van der Waals surface area (Å²) in [6.07, 6.45) is 0.758. The number of nitrogens with zero attached hydrogens (tertiary/aromatic N) is 3. The SMILES string of the molecule is CC(C)OCCN1C(=O)C(c2ccc([N+](=O)[O-])cc2)=C(N2CCc3ccccc3C2)C1=O. The maximum atomic E-state index is 13.4. The summed E-state index contributed by atoms with van der Waals surface area (Å²) in [6.45, 7) is 5.32. The first-order chi connectivity index (χ1) is 15.4. The zero-order valence-corrected chi connectivity index (χ0v) is 18.1. The molecule has 2 aromatic carbocycles. The molecule has 0 N–H and O–H groups in total. The average molecular weight is 435 g/mol. The molecule has 0 aliphatic carbocycles. The fraction of sp³-hybridized carbons (Fsp3) is 0.333. The zero-order chi connectivity index (χ0) is 22.8. The van der Waals surface area contributed by atoms with E-state index in [4.69, 9.17) is 4.74 Å². The second-order valence-corrected chi connectivity index (χ2v) is 8.15. The van der Waals surface area contributed by atoms with Crippen molar-refractivity contribution in [3.05, 3.63) is 81.0 Å². The van der Waals surface area contributed by atoms with Gasteiger partial charge >= 0.3 is 0 Å². The van der Waals surface area contributed by atoms with Gasteiger partial charge in [0, 0.05) is 25.2 Å². The van der Waals surface area contributed by atoms with Crippen LogP contribution in [0.5, 0.6) is 0 Å². The van der Waals surface area contributed by atoms with E-state index in [0.717, 1.165) is 12.0 Å². The Morgan fingerprint density at radius 3 is 2.38 bits per heavy atom. The second-order valence-electron chi connectivity index (χ2n) is 8.15. The summed E-state index contributed by atoms with van der Waals surface area (Å²) in [7, 11) is 0. The molecule has 0 fully saturated rings. The van der Waals surface area contributed by atoms with Crippen molar-refractivity contribution in [3.63, 3.8) is 0 Å². The molecule has 0 saturated heterocycles. The van der Waals surface area contributed by atoms with E-state index in [2.05, 4.69) is 6.07 Å². The van der Waals surface area contributed by atoms with Crippen molar-refractivity contribution < 1.29 is 19.2 Å². The molecule has 8 heteroatoms. The fourth-order valence-electron chi connectivity index (χ4n) is 4.14. The zero-order valence-electron chi connectivity index (χ0n) is 18.1. The van der Waals surface area contributed by atoms with Crippen LogP contribution in [0.1, 0.15) is 30.5 Å². The van der Waals surface area contributed by atoms with Crippen molar-refractivity contribution in [2.45, 2.75) is 32.9 Å². The minimum Gasteiger partial charge on any atom is -0.377 e. The summed E-state index contributed by atoms with van der Waals surface area (Å²) in [5.41, 5.74) is 3.42. The van der Waals surface area contributed by atoms with Gasteiger partial charge in [0.2, 0.25) is 0 Å². The smallest absolute Gasteiger partial charge is 0.277 e. The molecule has 0 spiro atoms. The average Bonchev–Trinajstić information content (AvgIpc) is 3.03. The van der Waals surface area contributed by atoms with Crippen molar-refractivity contribution in [3.8, 4) is 0 Å². The number of carbonyl (C=O) groups is 2. The fourth-order valence-corrected chi connectivity index (χ4v) is 4.14. The third-order valence-corrected chi connectivity index (χ3v) is 5.72. The summed E-state index contributed by atoms with van der Waals surface area (Å²) >= 11 is 0. The maximum absolute atomic E-state index is 13.4. The number of ether oxygens (including phenoxy) is 1. The van der Waals surface area contributed by atoms with Gasteiger partial charge in [0.15, 0.2) is 0 Å². The van der Waals surface area contributed by atoms with Crippen LogP contribution in [0.25, 0.3) is 5.57 Å². The summed E-state index contributed by atoms with van der Waals surface area (Å²) in [6, 6.07) is 13.8. The lowest BCUT2D eigenvalue weighted by Gasteiger charge is -2.31. The summed E-state index contributed by atoms with van der Waals surface area (Å²) < 4.78 is 5.56. The highest BCUT2D eigenvalue weighted by Crippen LogP contribution is 2.34. The number of nitro benzene ring substituents is 1. The highest BCUT2D eigenvalue weighted by molar-refractivity contribution is 6.35. The molecule has 2 heterocycles. The third-order valence-electron chi connectivity index (χ3n) is 5.72. The van der Waals surface area contributed by atoms with Crippen molar-refractivity contribution in [2.24, 2.45) is 0 Å². The molecular weight excluding hydrogens is 410 g/mol. The number of rotatable bonds is 7. The van der Waals surface area contributed by atoms with E-state index in [1.54, 1.807) is 0 Å². The van der Waals surface area contributed by atoms with Gasteiger partial charge in [-0.25, -0.2) is 0 Å². The summed E-state index contributed by atoms with van der Waals surface area (Å²) in [4.78, 5) is 40.5. The molecule has 4 rings (SSSR count). The van der Waals surface area contributed by atoms with Crippen molar-refractivity contribution >= 4 is 23.1 Å². The van der Waals surface area contributed by atoms with Crippen molar-refractivity contribution in [1.29, 1.82) is 0 Å². The van der Waals surface area contributed by atoms with Crippen LogP contribution in [0.4, 0.5) is 5.69 Å². The van der Waals surface area contributed by atoms with Gasteiger partial charge in [-0.15, -0.1) is 0 Å². The Hall–Kier alpha value is -3.52. The lowest BCUT2D eigenvalue weighted by molar-refractivity contribution is -0.384. The van der Waals surface area contributed by atoms with Gasteiger partial charge in [0.25, 0.3) is 17.5 Å². The number of imide groups is 1. The van der Waals surface area contributed by atoms with E-state index in [1.807, 2.05) is 36.9 Å². The van der Waals surface area contributed by atoms with Crippen LogP contribution in [0.2, 0.25) is 0 Å². The van der Waals surface area contributed by atoms with E-state index in [9.17, 15) is 19.7 Å². The van der Waals surface area contributed by atoms with Gasteiger partial charge in [0.05, 0.1) is 29.8 Å². The number of amides is 2. The van der Waals surface area contributed by atoms with Crippen LogP contribution in [-0.2, 0) is 27.3 Å². The molecule has 0 aromatic heterocycles. The third kappa shape index (κ3) is 4.13. The maximum Gasteiger partial charge on any atom is 0.277 e. The molecule has 32 heavy (non-hydrogen) atoms. The molecule has 0 atom stereocenters. The number of non-ortho nitro benzene ring substituents is 1. The van der Waals surface area contributed by atoms with Crippen molar-refractivity contribution in [2.75, 3.05) is 19.7 Å². The Kier molecular flexibility index (Phi) is 6.05. The van der Waals surface area contributed by atoms with Crippen LogP contribution < -0.4 is 0 Å². The van der Waals surface area contributed by atoms with Crippen LogP contribution in [0.3, 0.4) is 0 Å². The molecule has 2 aromatic rings. The minimum absolute atomic E-state index is 0.0111. The van der Waals surface area contributed by atoms with Gasteiger partial charge in [-0.1, -0.05) is 24.3 Å². The largest absolute Gasteiger partial charge is 0.377 e. The summed E-state index contributed by atoms with van der Waals surface area (Å²) in [5, 5.41) is 11.0. The van der Waals surface area contributed by atoms with Gasteiger partial charge in [-0.3, -0.25) is 24.6 Å². The molecular formula is C24H25N3O5. The Bertz CT molecular complexity index is 1090. The quantitative estimate of drug-likeness (QED) is 0.377. The molecule has 2 amide bonds. The first-order valence-corrected chi connectivity index (χ1v) is 10.7. The van der Waals surface area contributed by atoms with Crippen LogP contribution in [0, 0.1) is 10.1 Å². The van der Waals surface area contributed by atoms with Crippen LogP contribution in [0.15, 0.2) is 54.2 Å². The molecule has 166 valence electrons. The number of hydrogen-bond donors (Lipinski definition) is 0. The molecule has 0 saturated carbocycles. The van der Waals surface area contributed by atoms with Gasteiger partial charge < -0.3 is 9.64 Å². The van der Waals surface area contributed by atoms with E-state index in [0.29, 0.717) is 24.4 Å². The Morgan fingerprint density at radius 1 is 1.03 bits per heavy atom. The standard InChI is InChI=1S/C24H25N3O5/c1-16(2)32-14-13-26-23(28)21(18-7-9-20(10-8-18)27(30)31)22(24(26)29)25-12-11-17-5-3-4-6-19(17)15-25/h3-10,16H,11-15H2,1-2H3. The molecule has 2 aliphatic rings. The second kappa shape index (κ2) is 8.92. The molecule has 0 unspecified atom stereocenters. The van der Waals surface area contributed by atoms with Gasteiger partial charge in [-0.2, -0.15) is 0 Å². The van der Waals surface area contributed by atoms with E-state index >= 15 is 0 Å². The minimum atomic E-state index is -0.488. The lowest BCUT2D eigenvalue weighted by Crippen LogP contribution is -2.39. The number of carbonyl (C=O) groups excluding carboxylic acids is 2. The number of nitro groups is 1. The topological polar surface area (TPSA) is 93.0 Å². The monoisotopic (exact) mass is 435 g/mol. The van der Waals surface area contributed by atoms with Crippen molar-refractivity contribution in [1.82, 2.24) is 9.80 Å². The van der Waals surface area contributed by atoms with Crippen LogP contribution in [-0.4, -0.2) is 52.3 Å². The molecule has 2 aliphatic heterocycles. The molecule has 0 radical (unpaired) electrons. The van der Waals surface area contributed by atoms with Crippen LogP contribution >= 0.6 is 0 Å². The Balaban J connectivity index is 1.71. The number of hydrogen-bond acceptors (Lipinski definition) is 6.